The van der Waals surface area contributed by atoms with Crippen molar-refractivity contribution in [3.8, 4) is 17.1 Å². The van der Waals surface area contributed by atoms with Crippen LogP contribution in [0.4, 0.5) is 23.2 Å². The normalized spacial score (nSPS) is 13.5. The second-order valence-electron chi connectivity index (χ2n) is 7.49. The maximum absolute atomic E-state index is 15.0. The van der Waals surface area contributed by atoms with E-state index in [1.54, 1.807) is 31.2 Å². The summed E-state index contributed by atoms with van der Waals surface area (Å²) < 4.78 is 60.7. The molecule has 1 heterocycles. The molecule has 3 rings (SSSR count). The molecule has 3 aromatic rings. The fraction of sp³-hybridized carbons (Fsp3) is 0.318. The summed E-state index contributed by atoms with van der Waals surface area (Å²) in [7, 11) is 1.48. The molecule has 1 amide bonds. The van der Waals surface area contributed by atoms with Gasteiger partial charge in [-0.15, -0.1) is 0 Å². The highest BCUT2D eigenvalue weighted by Gasteiger charge is 2.39. The second kappa shape index (κ2) is 9.18. The highest BCUT2D eigenvalue weighted by Crippen LogP contribution is 2.33. The molecule has 0 bridgehead atoms. The van der Waals surface area contributed by atoms with Crippen LogP contribution in [-0.4, -0.2) is 38.1 Å². The van der Waals surface area contributed by atoms with Crippen LogP contribution in [0.15, 0.2) is 36.4 Å². The lowest BCUT2D eigenvalue weighted by atomic mass is 10.1. The number of halogens is 4. The first-order valence-corrected chi connectivity index (χ1v) is 9.91. The Bertz CT molecular complexity index is 1170. The van der Waals surface area contributed by atoms with Gasteiger partial charge in [-0.3, -0.25) is 9.48 Å². The van der Waals surface area contributed by atoms with E-state index in [0.29, 0.717) is 11.3 Å². The number of hydrogen-bond donors (Lipinski definition) is 2. The standard InChI is InChI=1S/C22H22F4N4O3/c1-11-7-5-6-8-17(11)27-21(32)15-9-16(23)14(10-18(15)33-13(3)22(24,25)26)19-28-20(12(2)31)30(4)29-19/h5-10,12-13,31H,1-4H3,(H,27,32). The number of amides is 1. The number of alkyl halides is 3. The van der Waals surface area contributed by atoms with Crippen molar-refractivity contribution >= 4 is 11.6 Å². The molecular formula is C22H22F4N4O3. The van der Waals surface area contributed by atoms with Gasteiger partial charge < -0.3 is 15.2 Å². The van der Waals surface area contributed by atoms with E-state index in [9.17, 15) is 27.5 Å². The number of nitrogens with zero attached hydrogens (tertiary/aromatic N) is 3. The Balaban J connectivity index is 2.08. The molecule has 0 radical (unpaired) electrons. The van der Waals surface area contributed by atoms with Crippen LogP contribution in [0.3, 0.4) is 0 Å². The topological polar surface area (TPSA) is 89.3 Å². The van der Waals surface area contributed by atoms with Crippen molar-refractivity contribution < 1.29 is 32.2 Å². The minimum atomic E-state index is -4.72. The number of benzene rings is 2. The third-order valence-corrected chi connectivity index (χ3v) is 4.88. The number of para-hydroxylation sites is 1. The summed E-state index contributed by atoms with van der Waals surface area (Å²) in [6.07, 6.45) is -8.01. The van der Waals surface area contributed by atoms with Crippen molar-refractivity contribution in [1.29, 1.82) is 0 Å². The van der Waals surface area contributed by atoms with Crippen LogP contribution < -0.4 is 10.1 Å². The van der Waals surface area contributed by atoms with Crippen LogP contribution in [0.2, 0.25) is 0 Å². The Labute approximate surface area is 187 Å². The van der Waals surface area contributed by atoms with E-state index in [2.05, 4.69) is 15.4 Å². The molecule has 2 atom stereocenters. The molecule has 2 aromatic carbocycles. The quantitative estimate of drug-likeness (QED) is 0.520. The SMILES string of the molecule is Cc1ccccc1NC(=O)c1cc(F)c(-c2nc(C(C)O)n(C)n2)cc1OC(C)C(F)(F)F. The molecule has 0 aliphatic rings. The van der Waals surface area contributed by atoms with Gasteiger partial charge in [0.25, 0.3) is 5.91 Å². The van der Waals surface area contributed by atoms with Gasteiger partial charge >= 0.3 is 6.18 Å². The van der Waals surface area contributed by atoms with Gasteiger partial charge in [-0.1, -0.05) is 18.2 Å². The number of nitrogens with one attached hydrogen (secondary N) is 1. The van der Waals surface area contributed by atoms with Gasteiger partial charge in [-0.05, 0) is 44.5 Å². The van der Waals surface area contributed by atoms with E-state index in [0.717, 1.165) is 19.1 Å². The summed E-state index contributed by atoms with van der Waals surface area (Å²) in [6, 6.07) is 8.48. The summed E-state index contributed by atoms with van der Waals surface area (Å²) in [5.74, 6) is -2.34. The Morgan fingerprint density at radius 1 is 1.21 bits per heavy atom. The lowest BCUT2D eigenvalue weighted by Crippen LogP contribution is -2.32. The van der Waals surface area contributed by atoms with Crippen LogP contribution in [0.1, 0.15) is 41.7 Å². The lowest BCUT2D eigenvalue weighted by molar-refractivity contribution is -0.189. The van der Waals surface area contributed by atoms with Crippen molar-refractivity contribution in [2.75, 3.05) is 5.32 Å². The zero-order valence-electron chi connectivity index (χ0n) is 18.2. The first kappa shape index (κ1) is 24.2. The molecule has 7 nitrogen and oxygen atoms in total. The Hall–Kier alpha value is -3.47. The third-order valence-electron chi connectivity index (χ3n) is 4.88. The number of anilines is 1. The molecular weight excluding hydrogens is 444 g/mol. The lowest BCUT2D eigenvalue weighted by Gasteiger charge is -2.20. The van der Waals surface area contributed by atoms with Crippen molar-refractivity contribution in [3.63, 3.8) is 0 Å². The molecule has 0 aliphatic carbocycles. The van der Waals surface area contributed by atoms with Crippen LogP contribution in [0, 0.1) is 12.7 Å². The van der Waals surface area contributed by atoms with Crippen LogP contribution in [0.25, 0.3) is 11.4 Å². The minimum absolute atomic E-state index is 0.122. The van der Waals surface area contributed by atoms with Crippen molar-refractivity contribution in [3.05, 3.63) is 59.2 Å². The molecule has 0 saturated heterocycles. The molecule has 0 saturated carbocycles. The van der Waals surface area contributed by atoms with E-state index in [1.807, 2.05) is 0 Å². The molecule has 11 heteroatoms. The van der Waals surface area contributed by atoms with Gasteiger partial charge in [0.1, 0.15) is 17.7 Å². The van der Waals surface area contributed by atoms with E-state index in [1.165, 1.54) is 18.7 Å². The van der Waals surface area contributed by atoms with E-state index in [4.69, 9.17) is 4.74 Å². The number of aromatic nitrogens is 3. The van der Waals surface area contributed by atoms with Gasteiger partial charge in [-0.25, -0.2) is 9.37 Å². The maximum Gasteiger partial charge on any atom is 0.425 e. The average Bonchev–Trinajstić information content (AvgIpc) is 3.11. The zero-order valence-corrected chi connectivity index (χ0v) is 18.2. The van der Waals surface area contributed by atoms with Crippen LogP contribution in [0.5, 0.6) is 5.75 Å². The smallest absolute Gasteiger partial charge is 0.425 e. The van der Waals surface area contributed by atoms with Gasteiger partial charge in [0.05, 0.1) is 11.1 Å². The van der Waals surface area contributed by atoms with Crippen molar-refractivity contribution in [1.82, 2.24) is 14.8 Å². The predicted octanol–water partition coefficient (Wildman–Crippen LogP) is 4.56. The number of ether oxygens (including phenoxy) is 1. The number of aliphatic hydroxyl groups is 1. The second-order valence-corrected chi connectivity index (χ2v) is 7.49. The molecule has 0 aliphatic heterocycles. The largest absolute Gasteiger partial charge is 0.480 e. The number of carbonyl (C=O) groups is 1. The molecule has 33 heavy (non-hydrogen) atoms. The van der Waals surface area contributed by atoms with E-state index in [-0.39, 0.29) is 17.2 Å². The van der Waals surface area contributed by atoms with Gasteiger partial charge in [0, 0.05) is 12.7 Å². The number of aryl methyl sites for hydroxylation is 2. The number of carbonyl (C=O) groups excluding carboxylic acids is 1. The molecule has 0 fully saturated rings. The Morgan fingerprint density at radius 2 is 1.88 bits per heavy atom. The Morgan fingerprint density at radius 3 is 2.45 bits per heavy atom. The Kier molecular flexibility index (Phi) is 6.73. The number of hydrogen-bond acceptors (Lipinski definition) is 5. The monoisotopic (exact) mass is 466 g/mol. The van der Waals surface area contributed by atoms with Crippen molar-refractivity contribution in [2.24, 2.45) is 7.05 Å². The number of aliphatic hydroxyl groups excluding tert-OH is 1. The fourth-order valence-electron chi connectivity index (χ4n) is 3.03. The number of rotatable bonds is 6. The molecule has 176 valence electrons. The summed E-state index contributed by atoms with van der Waals surface area (Å²) >= 11 is 0. The molecule has 0 spiro atoms. The average molecular weight is 466 g/mol. The zero-order chi connectivity index (χ0) is 24.5. The minimum Gasteiger partial charge on any atom is -0.480 e. The van der Waals surface area contributed by atoms with Crippen molar-refractivity contribution in [2.45, 2.75) is 39.2 Å². The van der Waals surface area contributed by atoms with Gasteiger partial charge in [-0.2, -0.15) is 18.3 Å². The van der Waals surface area contributed by atoms with Crippen LogP contribution in [-0.2, 0) is 7.05 Å². The van der Waals surface area contributed by atoms with Crippen LogP contribution >= 0.6 is 0 Å². The summed E-state index contributed by atoms with van der Waals surface area (Å²) in [4.78, 5) is 16.9. The fourth-order valence-corrected chi connectivity index (χ4v) is 3.03. The van der Waals surface area contributed by atoms with Gasteiger partial charge in [0.15, 0.2) is 17.8 Å². The molecule has 2 N–H and O–H groups in total. The molecule has 1 aromatic heterocycles. The summed E-state index contributed by atoms with van der Waals surface area (Å²) in [6.45, 7) is 3.94. The molecule has 2 unspecified atom stereocenters. The first-order valence-electron chi connectivity index (χ1n) is 9.91. The van der Waals surface area contributed by atoms with Gasteiger partial charge in [0.2, 0.25) is 0 Å². The first-order chi connectivity index (χ1) is 15.4. The van der Waals surface area contributed by atoms with E-state index >= 15 is 0 Å². The third kappa shape index (κ3) is 5.30. The highest BCUT2D eigenvalue weighted by atomic mass is 19.4. The maximum atomic E-state index is 15.0. The highest BCUT2D eigenvalue weighted by molar-refractivity contribution is 6.07. The van der Waals surface area contributed by atoms with E-state index < -0.39 is 41.4 Å². The summed E-state index contributed by atoms with van der Waals surface area (Å²) in [5.41, 5.74) is 0.406. The predicted molar refractivity (Wildman–Crippen MR) is 112 cm³/mol. The summed E-state index contributed by atoms with van der Waals surface area (Å²) in [5, 5.41) is 16.3.